The van der Waals surface area contributed by atoms with Crippen molar-refractivity contribution in [2.24, 2.45) is 0 Å². The van der Waals surface area contributed by atoms with Crippen LogP contribution in [0.25, 0.3) is 0 Å². The fourth-order valence-electron chi connectivity index (χ4n) is 1.57. The summed E-state index contributed by atoms with van der Waals surface area (Å²) in [7, 11) is 0. The lowest BCUT2D eigenvalue weighted by Gasteiger charge is -2.34. The van der Waals surface area contributed by atoms with E-state index in [0.717, 1.165) is 25.4 Å². The minimum absolute atomic E-state index is 0.507. The van der Waals surface area contributed by atoms with Gasteiger partial charge in [0.25, 0.3) is 0 Å². The van der Waals surface area contributed by atoms with Crippen molar-refractivity contribution in [3.8, 4) is 0 Å². The van der Waals surface area contributed by atoms with E-state index in [1.807, 2.05) is 0 Å². The summed E-state index contributed by atoms with van der Waals surface area (Å²) < 4.78 is 36.1. The Morgan fingerprint density at radius 1 is 1.00 bits per heavy atom. The normalized spacial score (nSPS) is 21.4. The Morgan fingerprint density at radius 2 is 1.50 bits per heavy atom. The van der Waals surface area contributed by atoms with Crippen LogP contribution in [0.5, 0.6) is 0 Å². The van der Waals surface area contributed by atoms with Gasteiger partial charge in [0, 0.05) is 38.5 Å². The van der Waals surface area contributed by atoms with Crippen LogP contribution in [0.4, 0.5) is 13.2 Å². The van der Waals surface area contributed by atoms with E-state index in [4.69, 9.17) is 0 Å². The lowest BCUT2D eigenvalue weighted by molar-refractivity contribution is -0.149. The molecule has 0 aromatic heterocycles. The first-order chi connectivity index (χ1) is 6.51. The molecule has 84 valence electrons. The van der Waals surface area contributed by atoms with Crippen LogP contribution in [0, 0.1) is 0 Å². The Bertz CT molecular complexity index is 166. The molecule has 6 heteroatoms. The summed E-state index contributed by atoms with van der Waals surface area (Å²) in [6.45, 7) is 2.54. The Hall–Kier alpha value is 0.0600. The summed E-state index contributed by atoms with van der Waals surface area (Å²) in [5, 5.41) is 0. The molecule has 0 saturated carbocycles. The van der Waals surface area contributed by atoms with Crippen molar-refractivity contribution in [3.05, 3.63) is 0 Å². The van der Waals surface area contributed by atoms with Crippen LogP contribution >= 0.6 is 12.6 Å². The van der Waals surface area contributed by atoms with Crippen molar-refractivity contribution < 1.29 is 13.2 Å². The average molecular weight is 228 g/mol. The van der Waals surface area contributed by atoms with E-state index in [1.54, 1.807) is 0 Å². The van der Waals surface area contributed by atoms with Gasteiger partial charge in [0.2, 0.25) is 0 Å². The number of nitrogens with zero attached hydrogens (tertiary/aromatic N) is 2. The molecule has 1 rings (SSSR count). The van der Waals surface area contributed by atoms with Crippen LogP contribution in [0.2, 0.25) is 0 Å². The maximum absolute atomic E-state index is 12.0. The number of halogens is 3. The van der Waals surface area contributed by atoms with Gasteiger partial charge in [-0.05, 0) is 0 Å². The average Bonchev–Trinajstić information content (AvgIpc) is 2.06. The Balaban J connectivity index is 2.22. The molecule has 0 unspecified atom stereocenters. The lowest BCUT2D eigenvalue weighted by Crippen LogP contribution is -2.49. The van der Waals surface area contributed by atoms with Gasteiger partial charge in [-0.1, -0.05) is 0 Å². The van der Waals surface area contributed by atoms with Gasteiger partial charge in [-0.2, -0.15) is 25.8 Å². The van der Waals surface area contributed by atoms with Crippen LogP contribution in [0.1, 0.15) is 0 Å². The van der Waals surface area contributed by atoms with E-state index in [-0.39, 0.29) is 0 Å². The summed E-state index contributed by atoms with van der Waals surface area (Å²) in [4.78, 5) is 3.59. The zero-order chi connectivity index (χ0) is 10.6. The van der Waals surface area contributed by atoms with E-state index in [2.05, 4.69) is 17.5 Å². The van der Waals surface area contributed by atoms with Gasteiger partial charge in [-0.3, -0.25) is 9.80 Å². The highest BCUT2D eigenvalue weighted by atomic mass is 32.1. The maximum atomic E-state index is 12.0. The Morgan fingerprint density at radius 3 is 1.93 bits per heavy atom. The highest BCUT2D eigenvalue weighted by Crippen LogP contribution is 2.17. The second-order valence-electron chi connectivity index (χ2n) is 3.46. The second-order valence-corrected chi connectivity index (χ2v) is 3.90. The summed E-state index contributed by atoms with van der Waals surface area (Å²) in [6.07, 6.45) is -4.06. The zero-order valence-electron chi connectivity index (χ0n) is 7.93. The van der Waals surface area contributed by atoms with Gasteiger partial charge in [0.15, 0.2) is 0 Å². The summed E-state index contributed by atoms with van der Waals surface area (Å²) in [5.74, 6) is 0.763. The molecule has 0 aromatic carbocycles. The van der Waals surface area contributed by atoms with E-state index in [0.29, 0.717) is 13.1 Å². The standard InChI is InChI=1S/C8H15F3N2S/c9-8(10,11)7-13-3-1-12(2-4-13)5-6-14/h14H,1-7H2. The monoisotopic (exact) mass is 228 g/mol. The van der Waals surface area contributed by atoms with Gasteiger partial charge in [0.05, 0.1) is 6.54 Å². The number of alkyl halides is 3. The van der Waals surface area contributed by atoms with Crippen molar-refractivity contribution in [2.75, 3.05) is 45.0 Å². The van der Waals surface area contributed by atoms with E-state index in [9.17, 15) is 13.2 Å². The first-order valence-corrected chi connectivity index (χ1v) is 5.27. The summed E-state index contributed by atoms with van der Waals surface area (Å²) in [5.41, 5.74) is 0. The van der Waals surface area contributed by atoms with Gasteiger partial charge >= 0.3 is 6.18 Å². The first kappa shape index (κ1) is 12.1. The third kappa shape index (κ3) is 4.52. The van der Waals surface area contributed by atoms with Crippen LogP contribution in [0.15, 0.2) is 0 Å². The molecule has 0 spiro atoms. The van der Waals surface area contributed by atoms with Crippen molar-refractivity contribution in [1.82, 2.24) is 9.80 Å². The van der Waals surface area contributed by atoms with Gasteiger partial charge < -0.3 is 0 Å². The van der Waals surface area contributed by atoms with E-state index < -0.39 is 12.7 Å². The molecule has 0 aromatic rings. The highest BCUT2D eigenvalue weighted by Gasteiger charge is 2.31. The van der Waals surface area contributed by atoms with Crippen LogP contribution < -0.4 is 0 Å². The number of thiol groups is 1. The first-order valence-electron chi connectivity index (χ1n) is 4.63. The molecule has 0 amide bonds. The third-order valence-corrected chi connectivity index (χ3v) is 2.48. The zero-order valence-corrected chi connectivity index (χ0v) is 8.82. The fraction of sp³-hybridized carbons (Fsp3) is 1.00. The van der Waals surface area contributed by atoms with Crippen molar-refractivity contribution in [1.29, 1.82) is 0 Å². The van der Waals surface area contributed by atoms with Crippen LogP contribution in [-0.4, -0.2) is 61.0 Å². The second kappa shape index (κ2) is 5.23. The number of hydrogen-bond acceptors (Lipinski definition) is 3. The van der Waals surface area contributed by atoms with Crippen LogP contribution in [0.3, 0.4) is 0 Å². The van der Waals surface area contributed by atoms with E-state index in [1.165, 1.54) is 4.90 Å². The smallest absolute Gasteiger partial charge is 0.300 e. The molecule has 1 aliphatic rings. The molecule has 1 aliphatic heterocycles. The third-order valence-electron chi connectivity index (χ3n) is 2.28. The molecule has 1 fully saturated rings. The molecule has 1 heterocycles. The molecule has 0 aliphatic carbocycles. The maximum Gasteiger partial charge on any atom is 0.401 e. The Kier molecular flexibility index (Phi) is 4.53. The minimum Gasteiger partial charge on any atom is -0.300 e. The number of rotatable bonds is 3. The minimum atomic E-state index is -4.06. The predicted molar refractivity (Wildman–Crippen MR) is 52.8 cm³/mol. The van der Waals surface area contributed by atoms with Crippen molar-refractivity contribution in [3.63, 3.8) is 0 Å². The van der Waals surface area contributed by atoms with Crippen molar-refractivity contribution in [2.45, 2.75) is 6.18 Å². The largest absolute Gasteiger partial charge is 0.401 e. The molecule has 2 nitrogen and oxygen atoms in total. The SMILES string of the molecule is FC(F)(F)CN1CCN(CCS)CC1. The van der Waals surface area contributed by atoms with Crippen LogP contribution in [-0.2, 0) is 0 Å². The molecule has 1 saturated heterocycles. The fourth-order valence-corrected chi connectivity index (χ4v) is 1.85. The molecule has 0 atom stereocenters. The predicted octanol–water partition coefficient (Wildman–Crippen LogP) is 1.10. The highest BCUT2D eigenvalue weighted by molar-refractivity contribution is 7.80. The van der Waals surface area contributed by atoms with Gasteiger partial charge in [-0.15, -0.1) is 0 Å². The van der Waals surface area contributed by atoms with Gasteiger partial charge in [-0.25, -0.2) is 0 Å². The molecule has 14 heavy (non-hydrogen) atoms. The summed E-state index contributed by atoms with van der Waals surface area (Å²) >= 11 is 4.09. The molecule has 0 radical (unpaired) electrons. The van der Waals surface area contributed by atoms with Gasteiger partial charge in [0.1, 0.15) is 0 Å². The number of hydrogen-bond donors (Lipinski definition) is 1. The summed E-state index contributed by atoms with van der Waals surface area (Å²) in [6, 6.07) is 0. The quantitative estimate of drug-likeness (QED) is 0.723. The Labute approximate surface area is 87.5 Å². The van der Waals surface area contributed by atoms with E-state index >= 15 is 0 Å². The topological polar surface area (TPSA) is 6.48 Å². The lowest BCUT2D eigenvalue weighted by atomic mass is 10.3. The molecule has 0 bridgehead atoms. The van der Waals surface area contributed by atoms with Crippen molar-refractivity contribution >= 4 is 12.6 Å². The molecular weight excluding hydrogens is 213 g/mol. The molecular formula is C8H15F3N2S. The molecule has 0 N–H and O–H groups in total. The number of piperazine rings is 1.